The summed E-state index contributed by atoms with van der Waals surface area (Å²) in [5.74, 6) is 0.0449. The van der Waals surface area contributed by atoms with Gasteiger partial charge in [-0.15, -0.1) is 0 Å². The quantitative estimate of drug-likeness (QED) is 0.540. The van der Waals surface area contributed by atoms with Crippen LogP contribution in [0.1, 0.15) is 33.6 Å². The van der Waals surface area contributed by atoms with E-state index in [4.69, 9.17) is 0 Å². The van der Waals surface area contributed by atoms with Gasteiger partial charge in [0.25, 0.3) is 0 Å². The van der Waals surface area contributed by atoms with Gasteiger partial charge in [-0.25, -0.2) is 0 Å². The molecule has 6 heteroatoms. The summed E-state index contributed by atoms with van der Waals surface area (Å²) in [5.41, 5.74) is 0. The molecule has 1 atom stereocenters. The summed E-state index contributed by atoms with van der Waals surface area (Å²) in [5, 5.41) is 4.67. The zero-order valence-electron chi connectivity index (χ0n) is 12.5. The number of rotatable bonds is 8. The molecule has 1 saturated heterocycles. The summed E-state index contributed by atoms with van der Waals surface area (Å²) >= 11 is -1.87. The molecule has 1 N–H and O–H groups in total. The van der Waals surface area contributed by atoms with Gasteiger partial charge in [0.2, 0.25) is 0 Å². The molecule has 0 radical (unpaired) electrons. The van der Waals surface area contributed by atoms with Crippen molar-refractivity contribution in [1.29, 1.82) is 0 Å². The van der Waals surface area contributed by atoms with Gasteiger partial charge in [-0.3, -0.25) is 0 Å². The van der Waals surface area contributed by atoms with E-state index < -0.39 is 20.6 Å². The molecule has 0 bridgehead atoms. The van der Waals surface area contributed by atoms with Crippen LogP contribution in [-0.4, -0.2) is 48.0 Å². The van der Waals surface area contributed by atoms with Gasteiger partial charge in [-0.2, -0.15) is 0 Å². The topological polar surface area (TPSA) is 57.6 Å². The Morgan fingerprint density at radius 1 is 1.26 bits per heavy atom. The molecule has 112 valence electrons. The van der Waals surface area contributed by atoms with E-state index in [2.05, 4.69) is 20.8 Å². The summed E-state index contributed by atoms with van der Waals surface area (Å²) in [7, 11) is -3.16. The Balaban J connectivity index is 2.54. The molecule has 1 aliphatic heterocycles. The van der Waals surface area contributed by atoms with Gasteiger partial charge in [-0.1, -0.05) is 0 Å². The van der Waals surface area contributed by atoms with Crippen molar-refractivity contribution in [2.75, 3.05) is 19.0 Å². The molecule has 1 rings (SSSR count). The van der Waals surface area contributed by atoms with E-state index in [1.807, 2.05) is 0 Å². The van der Waals surface area contributed by atoms with E-state index in [9.17, 15) is 14.3 Å². The molecular weight excluding hydrogens is 322 g/mol. The van der Waals surface area contributed by atoms with Crippen molar-refractivity contribution in [3.05, 3.63) is 0 Å². The first-order chi connectivity index (χ1) is 8.88. The number of nitrogens with zero attached hydrogens (tertiary/aromatic N) is 1. The van der Waals surface area contributed by atoms with Gasteiger partial charge in [-0.05, 0) is 0 Å². The van der Waals surface area contributed by atoms with E-state index in [0.29, 0.717) is 19.1 Å². The van der Waals surface area contributed by atoms with Crippen molar-refractivity contribution >= 4 is 26.5 Å². The second-order valence-electron chi connectivity index (χ2n) is 5.78. The van der Waals surface area contributed by atoms with E-state index in [1.54, 1.807) is 4.90 Å². The summed E-state index contributed by atoms with van der Waals surface area (Å²) in [6.45, 7) is 7.36. The fraction of sp³-hybridized carbons (Fsp3) is 0.923. The summed E-state index contributed by atoms with van der Waals surface area (Å²) in [6, 6.07) is 0. The first kappa shape index (κ1) is 17.3. The van der Waals surface area contributed by atoms with Crippen molar-refractivity contribution in [1.82, 2.24) is 4.90 Å². The third kappa shape index (κ3) is 4.91. The molecule has 4 nitrogen and oxygen atoms in total. The van der Waals surface area contributed by atoms with Gasteiger partial charge in [0.05, 0.1) is 0 Å². The van der Waals surface area contributed by atoms with Crippen molar-refractivity contribution < 1.29 is 14.3 Å². The van der Waals surface area contributed by atoms with Crippen molar-refractivity contribution in [2.45, 2.75) is 54.6 Å². The van der Waals surface area contributed by atoms with E-state index in [1.165, 1.54) is 15.8 Å². The fourth-order valence-electron chi connectivity index (χ4n) is 2.88. The van der Waals surface area contributed by atoms with Gasteiger partial charge >= 0.3 is 119 Å². The summed E-state index contributed by atoms with van der Waals surface area (Å²) < 4.78 is 12.3. The SMILES string of the molecule is C[CH2][Ge]([CH2]C)([CH2]C)[CH2]CP(=O)(O)CN1CCCC1=O. The number of carbonyl (C=O) groups is 1. The number of hydrogen-bond donors (Lipinski definition) is 1. The molecule has 0 aromatic heterocycles. The Morgan fingerprint density at radius 3 is 2.26 bits per heavy atom. The minimum atomic E-state index is -3.16. The molecule has 1 fully saturated rings. The zero-order chi connectivity index (χ0) is 14.5. The van der Waals surface area contributed by atoms with Crippen molar-refractivity contribution in [2.24, 2.45) is 0 Å². The first-order valence-corrected chi connectivity index (χ1v) is 15.4. The fourth-order valence-corrected chi connectivity index (χ4v) is 15.2. The maximum atomic E-state index is 12.3. The van der Waals surface area contributed by atoms with Gasteiger partial charge in [0.1, 0.15) is 0 Å². The van der Waals surface area contributed by atoms with Crippen molar-refractivity contribution in [3.8, 4) is 0 Å². The average Bonchev–Trinajstić information content (AvgIpc) is 2.77. The predicted molar refractivity (Wildman–Crippen MR) is 82.5 cm³/mol. The Bertz CT molecular complexity index is 350. The molecular formula is C13H28GeNO3P. The molecule has 0 aliphatic carbocycles. The summed E-state index contributed by atoms with van der Waals surface area (Å²) in [6.07, 6.45) is 1.88. The monoisotopic (exact) mass is 351 g/mol. The third-order valence-electron chi connectivity index (χ3n) is 4.80. The molecule has 19 heavy (non-hydrogen) atoms. The Kier molecular flexibility index (Phi) is 6.61. The van der Waals surface area contributed by atoms with E-state index in [0.717, 1.165) is 11.7 Å². The van der Waals surface area contributed by atoms with Gasteiger partial charge in [0, 0.05) is 0 Å². The normalized spacial score (nSPS) is 19.8. The maximum absolute atomic E-state index is 12.3. The van der Waals surface area contributed by atoms with Gasteiger partial charge in [0.15, 0.2) is 0 Å². The second-order valence-corrected chi connectivity index (χ2v) is 20.0. The minimum absolute atomic E-state index is 0.0449. The standard InChI is InChI=1S/C13H28GeNO3P/c1-4-14(5-2,6-3)9-11-19(17,18)12-15-10-7-8-13(15)16/h4-12H2,1-3H3,(H,17,18). The van der Waals surface area contributed by atoms with Gasteiger partial charge < -0.3 is 0 Å². The van der Waals surface area contributed by atoms with Crippen LogP contribution < -0.4 is 0 Å². The number of amides is 1. The molecule has 1 unspecified atom stereocenters. The molecule has 1 aliphatic rings. The number of carbonyl (C=O) groups excluding carboxylic acids is 1. The Morgan fingerprint density at radius 2 is 1.84 bits per heavy atom. The van der Waals surface area contributed by atoms with Crippen LogP contribution in [0.4, 0.5) is 0 Å². The molecule has 1 amide bonds. The van der Waals surface area contributed by atoms with Crippen LogP contribution in [0, 0.1) is 0 Å². The summed E-state index contributed by atoms with van der Waals surface area (Å²) in [4.78, 5) is 23.2. The van der Waals surface area contributed by atoms with Crippen LogP contribution in [0.5, 0.6) is 0 Å². The van der Waals surface area contributed by atoms with Crippen LogP contribution in [0.2, 0.25) is 21.0 Å². The molecule has 0 saturated carbocycles. The van der Waals surface area contributed by atoms with Crippen LogP contribution >= 0.6 is 7.37 Å². The van der Waals surface area contributed by atoms with Crippen molar-refractivity contribution in [3.63, 3.8) is 0 Å². The van der Waals surface area contributed by atoms with E-state index in [-0.39, 0.29) is 12.2 Å². The van der Waals surface area contributed by atoms with Crippen LogP contribution in [0.15, 0.2) is 0 Å². The molecule has 0 aromatic rings. The second kappa shape index (κ2) is 7.28. The molecule has 0 spiro atoms. The Hall–Kier alpha value is 0.203. The van der Waals surface area contributed by atoms with E-state index >= 15 is 0 Å². The number of likely N-dealkylation sites (tertiary alicyclic amines) is 1. The molecule has 1 heterocycles. The van der Waals surface area contributed by atoms with Crippen LogP contribution in [-0.2, 0) is 9.36 Å². The Labute approximate surface area is 119 Å². The average molecular weight is 350 g/mol. The first-order valence-electron chi connectivity index (χ1n) is 7.46. The predicted octanol–water partition coefficient (Wildman–Crippen LogP) is 3.35. The zero-order valence-corrected chi connectivity index (χ0v) is 15.5. The third-order valence-corrected chi connectivity index (χ3v) is 19.6. The number of hydrogen-bond acceptors (Lipinski definition) is 2. The molecule has 0 aromatic carbocycles. The van der Waals surface area contributed by atoms with Crippen LogP contribution in [0.3, 0.4) is 0 Å². The van der Waals surface area contributed by atoms with Crippen LogP contribution in [0.25, 0.3) is 0 Å².